The lowest BCUT2D eigenvalue weighted by Crippen LogP contribution is -2.50. The smallest absolute Gasteiger partial charge is 0.0367 e. The first-order valence-corrected chi connectivity index (χ1v) is 8.09. The molecule has 0 aliphatic carbocycles. The molecule has 0 radical (unpaired) electrons. The molecule has 0 spiro atoms. The fourth-order valence-electron chi connectivity index (χ4n) is 3.03. The Hall–Kier alpha value is -1.06. The predicted octanol–water partition coefficient (Wildman–Crippen LogP) is 2.59. The van der Waals surface area contributed by atoms with Gasteiger partial charge in [0.1, 0.15) is 0 Å². The summed E-state index contributed by atoms with van der Waals surface area (Å²) in [5.74, 6) is 0. The van der Waals surface area contributed by atoms with Crippen LogP contribution in [0.4, 0.5) is 5.69 Å². The number of anilines is 1. The van der Waals surface area contributed by atoms with Crippen molar-refractivity contribution in [3.63, 3.8) is 0 Å². The first-order valence-electron chi connectivity index (χ1n) is 8.09. The fraction of sp³-hybridized carbons (Fsp3) is 0.647. The monoisotopic (exact) mass is 275 g/mol. The summed E-state index contributed by atoms with van der Waals surface area (Å²) in [6.07, 6.45) is 2.55. The minimum absolute atomic E-state index is 0.660. The highest BCUT2D eigenvalue weighted by atomic mass is 15.3. The van der Waals surface area contributed by atoms with E-state index in [0.29, 0.717) is 6.04 Å². The predicted molar refractivity (Wildman–Crippen MR) is 87.5 cm³/mol. The molecule has 1 heterocycles. The van der Waals surface area contributed by atoms with E-state index in [1.54, 1.807) is 0 Å². The summed E-state index contributed by atoms with van der Waals surface area (Å²) >= 11 is 0. The molecule has 112 valence electrons. The fourth-order valence-corrected chi connectivity index (χ4v) is 3.03. The molecule has 1 aliphatic rings. The van der Waals surface area contributed by atoms with Crippen LogP contribution in [-0.2, 0) is 0 Å². The molecule has 3 heteroatoms. The van der Waals surface area contributed by atoms with Gasteiger partial charge in [-0.15, -0.1) is 0 Å². The highest BCUT2D eigenvalue weighted by molar-refractivity contribution is 5.46. The van der Waals surface area contributed by atoms with E-state index in [0.717, 1.165) is 19.6 Å². The SMILES string of the molecule is CCCC(CN1CCN(c2ccccc2)CC1)NCC. The number of benzene rings is 1. The Morgan fingerprint density at radius 3 is 2.35 bits per heavy atom. The average Bonchev–Trinajstić information content (AvgIpc) is 2.49. The van der Waals surface area contributed by atoms with Crippen LogP contribution in [0.5, 0.6) is 0 Å². The molecule has 1 N–H and O–H groups in total. The summed E-state index contributed by atoms with van der Waals surface area (Å²) in [5.41, 5.74) is 1.36. The van der Waals surface area contributed by atoms with Crippen LogP contribution in [-0.4, -0.2) is 50.2 Å². The molecular formula is C17H29N3. The van der Waals surface area contributed by atoms with Gasteiger partial charge in [0.15, 0.2) is 0 Å². The minimum Gasteiger partial charge on any atom is -0.369 e. The largest absolute Gasteiger partial charge is 0.369 e. The molecule has 1 saturated heterocycles. The summed E-state index contributed by atoms with van der Waals surface area (Å²) in [6, 6.07) is 11.4. The Balaban J connectivity index is 1.79. The Morgan fingerprint density at radius 2 is 1.75 bits per heavy atom. The van der Waals surface area contributed by atoms with E-state index in [2.05, 4.69) is 59.3 Å². The second-order valence-corrected chi connectivity index (χ2v) is 5.67. The van der Waals surface area contributed by atoms with Crippen molar-refractivity contribution in [2.24, 2.45) is 0 Å². The molecule has 2 rings (SSSR count). The van der Waals surface area contributed by atoms with Gasteiger partial charge in [0.05, 0.1) is 0 Å². The van der Waals surface area contributed by atoms with Gasteiger partial charge in [-0.2, -0.15) is 0 Å². The highest BCUT2D eigenvalue weighted by Crippen LogP contribution is 2.15. The molecular weight excluding hydrogens is 246 g/mol. The van der Waals surface area contributed by atoms with Crippen molar-refractivity contribution in [3.8, 4) is 0 Å². The van der Waals surface area contributed by atoms with Crippen molar-refractivity contribution >= 4 is 5.69 Å². The summed E-state index contributed by atoms with van der Waals surface area (Å²) in [6.45, 7) is 11.4. The van der Waals surface area contributed by atoms with Crippen molar-refractivity contribution in [1.82, 2.24) is 10.2 Å². The zero-order valence-corrected chi connectivity index (χ0v) is 13.0. The molecule has 1 fully saturated rings. The number of nitrogens with one attached hydrogen (secondary N) is 1. The number of nitrogens with zero attached hydrogens (tertiary/aromatic N) is 2. The molecule has 0 amide bonds. The number of likely N-dealkylation sites (N-methyl/N-ethyl adjacent to an activating group) is 1. The first-order chi connectivity index (χ1) is 9.83. The van der Waals surface area contributed by atoms with Crippen LogP contribution >= 0.6 is 0 Å². The number of para-hydroxylation sites is 1. The molecule has 1 unspecified atom stereocenters. The van der Waals surface area contributed by atoms with Gasteiger partial charge >= 0.3 is 0 Å². The summed E-state index contributed by atoms with van der Waals surface area (Å²) in [7, 11) is 0. The molecule has 1 atom stereocenters. The molecule has 20 heavy (non-hydrogen) atoms. The van der Waals surface area contributed by atoms with Gasteiger partial charge in [-0.3, -0.25) is 4.90 Å². The molecule has 1 aromatic carbocycles. The Labute approximate surface area is 124 Å². The van der Waals surface area contributed by atoms with Crippen LogP contribution in [0.25, 0.3) is 0 Å². The number of hydrogen-bond donors (Lipinski definition) is 1. The van der Waals surface area contributed by atoms with E-state index in [4.69, 9.17) is 0 Å². The van der Waals surface area contributed by atoms with Gasteiger partial charge in [0.25, 0.3) is 0 Å². The Kier molecular flexibility index (Phi) is 6.34. The van der Waals surface area contributed by atoms with Gasteiger partial charge in [0.2, 0.25) is 0 Å². The van der Waals surface area contributed by atoms with Crippen LogP contribution in [0.3, 0.4) is 0 Å². The lowest BCUT2D eigenvalue weighted by Gasteiger charge is -2.37. The summed E-state index contributed by atoms with van der Waals surface area (Å²) in [5, 5.41) is 3.62. The minimum atomic E-state index is 0.660. The van der Waals surface area contributed by atoms with Crippen molar-refractivity contribution in [2.45, 2.75) is 32.7 Å². The zero-order chi connectivity index (χ0) is 14.2. The van der Waals surface area contributed by atoms with Gasteiger partial charge in [0, 0.05) is 44.5 Å². The Morgan fingerprint density at radius 1 is 1.05 bits per heavy atom. The average molecular weight is 275 g/mol. The molecule has 1 aromatic rings. The second kappa shape index (κ2) is 8.28. The third-order valence-corrected chi connectivity index (χ3v) is 4.10. The van der Waals surface area contributed by atoms with Gasteiger partial charge in [-0.1, -0.05) is 38.5 Å². The van der Waals surface area contributed by atoms with E-state index < -0.39 is 0 Å². The molecule has 0 saturated carbocycles. The Bertz CT molecular complexity index is 352. The van der Waals surface area contributed by atoms with Crippen molar-refractivity contribution in [2.75, 3.05) is 44.2 Å². The summed E-state index contributed by atoms with van der Waals surface area (Å²) < 4.78 is 0. The van der Waals surface area contributed by atoms with Crippen LogP contribution in [0.15, 0.2) is 30.3 Å². The van der Waals surface area contributed by atoms with Gasteiger partial charge in [-0.05, 0) is 25.1 Å². The third kappa shape index (κ3) is 4.50. The zero-order valence-electron chi connectivity index (χ0n) is 13.0. The molecule has 0 bridgehead atoms. The number of hydrogen-bond acceptors (Lipinski definition) is 3. The lowest BCUT2D eigenvalue weighted by molar-refractivity contribution is 0.225. The lowest BCUT2D eigenvalue weighted by atomic mass is 10.1. The maximum Gasteiger partial charge on any atom is 0.0367 e. The van der Waals surface area contributed by atoms with Crippen molar-refractivity contribution in [3.05, 3.63) is 30.3 Å². The second-order valence-electron chi connectivity index (χ2n) is 5.67. The third-order valence-electron chi connectivity index (χ3n) is 4.10. The topological polar surface area (TPSA) is 18.5 Å². The maximum absolute atomic E-state index is 3.62. The summed E-state index contributed by atoms with van der Waals surface area (Å²) in [4.78, 5) is 5.11. The highest BCUT2D eigenvalue weighted by Gasteiger charge is 2.19. The maximum atomic E-state index is 3.62. The van der Waals surface area contributed by atoms with E-state index >= 15 is 0 Å². The number of rotatable bonds is 7. The van der Waals surface area contributed by atoms with Crippen LogP contribution in [0, 0.1) is 0 Å². The first kappa shape index (κ1) is 15.3. The van der Waals surface area contributed by atoms with E-state index in [1.165, 1.54) is 38.2 Å². The quantitative estimate of drug-likeness (QED) is 0.825. The molecule has 0 aromatic heterocycles. The normalized spacial score (nSPS) is 18.2. The van der Waals surface area contributed by atoms with Gasteiger partial charge in [-0.25, -0.2) is 0 Å². The van der Waals surface area contributed by atoms with Crippen molar-refractivity contribution in [1.29, 1.82) is 0 Å². The molecule has 1 aliphatic heterocycles. The van der Waals surface area contributed by atoms with Crippen molar-refractivity contribution < 1.29 is 0 Å². The van der Waals surface area contributed by atoms with Gasteiger partial charge < -0.3 is 10.2 Å². The van der Waals surface area contributed by atoms with E-state index in [1.807, 2.05) is 0 Å². The van der Waals surface area contributed by atoms with Crippen LogP contribution in [0.2, 0.25) is 0 Å². The van der Waals surface area contributed by atoms with E-state index in [-0.39, 0.29) is 0 Å². The van der Waals surface area contributed by atoms with Crippen LogP contribution in [0.1, 0.15) is 26.7 Å². The number of piperazine rings is 1. The molecule has 3 nitrogen and oxygen atoms in total. The van der Waals surface area contributed by atoms with E-state index in [9.17, 15) is 0 Å². The van der Waals surface area contributed by atoms with Crippen LogP contribution < -0.4 is 10.2 Å². The standard InChI is InChI=1S/C17H29N3/c1-3-8-16(18-4-2)15-19-11-13-20(14-12-19)17-9-6-5-7-10-17/h5-7,9-10,16,18H,3-4,8,11-15H2,1-2H3.